The van der Waals surface area contributed by atoms with Gasteiger partial charge in [0.15, 0.2) is 5.78 Å². The molecular weight excluding hydrogens is 348 g/mol. The van der Waals surface area contributed by atoms with Gasteiger partial charge in [-0.1, -0.05) is 78.2 Å². The second-order valence-electron chi connectivity index (χ2n) is 7.35. The molecule has 0 spiro atoms. The zero-order chi connectivity index (χ0) is 17.2. The van der Waals surface area contributed by atoms with Gasteiger partial charge in [0.25, 0.3) is 0 Å². The van der Waals surface area contributed by atoms with Gasteiger partial charge in [0.1, 0.15) is 0 Å². The Morgan fingerprint density at radius 3 is 2.13 bits per heavy atom. The molecule has 1 nitrogen and oxygen atoms in total. The number of aryl methyl sites for hydroxylation is 2. The largest absolute Gasteiger partial charge is 0.294 e. The van der Waals surface area contributed by atoms with Gasteiger partial charge < -0.3 is 0 Å². The van der Waals surface area contributed by atoms with E-state index in [4.69, 9.17) is 0 Å². The van der Waals surface area contributed by atoms with E-state index in [1.807, 2.05) is 6.07 Å². The Balaban J connectivity index is 2.32. The van der Waals surface area contributed by atoms with E-state index in [9.17, 15) is 4.79 Å². The molecule has 0 radical (unpaired) electrons. The van der Waals surface area contributed by atoms with Gasteiger partial charge >= 0.3 is 0 Å². The number of ketones is 1. The number of alkyl halides is 1. The number of carbonyl (C=O) groups excluding carboxylic acids is 1. The van der Waals surface area contributed by atoms with E-state index in [1.54, 1.807) is 0 Å². The second kappa shape index (κ2) is 7.00. The number of hydrogen-bond acceptors (Lipinski definition) is 1. The highest BCUT2D eigenvalue weighted by atomic mass is 79.9. The third kappa shape index (κ3) is 4.54. The molecule has 2 aromatic rings. The van der Waals surface area contributed by atoms with Crippen LogP contribution in [0.15, 0.2) is 36.4 Å². The average Bonchev–Trinajstić information content (AvgIpc) is 2.44. The van der Waals surface area contributed by atoms with Gasteiger partial charge in [-0.3, -0.25) is 4.79 Å². The van der Waals surface area contributed by atoms with Crippen molar-refractivity contribution in [1.29, 1.82) is 0 Å². The van der Waals surface area contributed by atoms with Crippen LogP contribution in [0.2, 0.25) is 0 Å². The molecule has 122 valence electrons. The third-order valence-corrected chi connectivity index (χ3v) is 4.63. The van der Waals surface area contributed by atoms with Crippen molar-refractivity contribution in [2.45, 2.75) is 51.8 Å². The van der Waals surface area contributed by atoms with Crippen LogP contribution in [0.3, 0.4) is 0 Å². The summed E-state index contributed by atoms with van der Waals surface area (Å²) in [4.78, 5) is 12.7. The van der Waals surface area contributed by atoms with E-state index in [1.165, 1.54) is 22.3 Å². The molecule has 0 atom stereocenters. The summed E-state index contributed by atoms with van der Waals surface area (Å²) in [6, 6.07) is 12.4. The molecule has 0 aliphatic rings. The van der Waals surface area contributed by atoms with Gasteiger partial charge in [-0.05, 0) is 42.0 Å². The molecule has 2 heteroatoms. The van der Waals surface area contributed by atoms with Crippen molar-refractivity contribution >= 4 is 21.7 Å². The normalized spacial score (nSPS) is 11.6. The molecule has 0 bridgehead atoms. The van der Waals surface area contributed by atoms with Crippen LogP contribution in [0, 0.1) is 13.8 Å². The molecule has 0 N–H and O–H groups in total. The molecule has 0 aliphatic carbocycles. The summed E-state index contributed by atoms with van der Waals surface area (Å²) in [5, 5.41) is 0.811. The zero-order valence-corrected chi connectivity index (χ0v) is 16.3. The lowest BCUT2D eigenvalue weighted by atomic mass is 9.82. The lowest BCUT2D eigenvalue weighted by Crippen LogP contribution is -2.15. The van der Waals surface area contributed by atoms with Crippen LogP contribution in [0.4, 0.5) is 0 Å². The van der Waals surface area contributed by atoms with Crippen LogP contribution in [0.25, 0.3) is 0 Å². The fourth-order valence-corrected chi connectivity index (χ4v) is 3.51. The maximum absolute atomic E-state index is 12.7. The lowest BCUT2D eigenvalue weighted by Gasteiger charge is -2.23. The predicted octanol–water partition coefficient (Wildman–Crippen LogP) is 5.92. The number of rotatable bonds is 4. The highest BCUT2D eigenvalue weighted by Crippen LogP contribution is 2.29. The Bertz CT molecular complexity index is 703. The fourth-order valence-electron chi connectivity index (χ4n) is 3.02. The van der Waals surface area contributed by atoms with Gasteiger partial charge in [0.2, 0.25) is 0 Å². The molecule has 2 aromatic carbocycles. The highest BCUT2D eigenvalue weighted by Gasteiger charge is 2.19. The number of hydrogen-bond donors (Lipinski definition) is 0. The summed E-state index contributed by atoms with van der Waals surface area (Å²) >= 11 is 3.55. The molecule has 0 amide bonds. The molecular formula is C21H25BrO. The van der Waals surface area contributed by atoms with E-state index < -0.39 is 0 Å². The minimum absolute atomic E-state index is 0.0271. The second-order valence-corrected chi connectivity index (χ2v) is 7.91. The average molecular weight is 373 g/mol. The Hall–Kier alpha value is -1.41. The first kappa shape index (κ1) is 17.9. The van der Waals surface area contributed by atoms with Crippen molar-refractivity contribution in [2.24, 2.45) is 0 Å². The predicted molar refractivity (Wildman–Crippen MR) is 102 cm³/mol. The molecule has 2 rings (SSSR count). The van der Waals surface area contributed by atoms with Crippen molar-refractivity contribution in [1.82, 2.24) is 0 Å². The van der Waals surface area contributed by atoms with Crippen LogP contribution in [0.1, 0.15) is 58.9 Å². The molecule has 23 heavy (non-hydrogen) atoms. The summed E-state index contributed by atoms with van der Waals surface area (Å²) in [5.41, 5.74) is 6.82. The minimum Gasteiger partial charge on any atom is -0.294 e. The first-order valence-electron chi connectivity index (χ1n) is 8.00. The SMILES string of the molecule is Cc1cc(C)cc(CC(=O)c2ccc(CBr)c(C(C)(C)C)c2)c1. The van der Waals surface area contributed by atoms with Gasteiger partial charge in [-0.15, -0.1) is 0 Å². The Kier molecular flexibility index (Phi) is 5.46. The van der Waals surface area contributed by atoms with Crippen molar-refractivity contribution in [3.8, 4) is 0 Å². The molecule has 0 aliphatic heterocycles. The van der Waals surface area contributed by atoms with E-state index in [2.05, 4.69) is 80.9 Å². The number of halogens is 1. The van der Waals surface area contributed by atoms with Crippen LogP contribution >= 0.6 is 15.9 Å². The molecule has 0 saturated heterocycles. The molecule has 0 saturated carbocycles. The summed E-state index contributed by atoms with van der Waals surface area (Å²) in [7, 11) is 0. The molecule has 0 aromatic heterocycles. The van der Waals surface area contributed by atoms with E-state index >= 15 is 0 Å². The summed E-state index contributed by atoms with van der Waals surface area (Å²) in [6.45, 7) is 10.7. The lowest BCUT2D eigenvalue weighted by molar-refractivity contribution is 0.0993. The van der Waals surface area contributed by atoms with E-state index in [0.717, 1.165) is 16.5 Å². The van der Waals surface area contributed by atoms with E-state index in [0.29, 0.717) is 6.42 Å². The summed E-state index contributed by atoms with van der Waals surface area (Å²) in [6.07, 6.45) is 0.458. The first-order valence-corrected chi connectivity index (χ1v) is 9.12. The Morgan fingerprint density at radius 2 is 1.61 bits per heavy atom. The summed E-state index contributed by atoms with van der Waals surface area (Å²) in [5.74, 6) is 0.182. The molecule has 0 fully saturated rings. The minimum atomic E-state index is 0.0271. The van der Waals surface area contributed by atoms with Gasteiger partial charge in [0.05, 0.1) is 0 Å². The number of carbonyl (C=O) groups is 1. The fraction of sp³-hybridized carbons (Fsp3) is 0.381. The zero-order valence-electron chi connectivity index (χ0n) is 14.7. The summed E-state index contributed by atoms with van der Waals surface area (Å²) < 4.78 is 0. The van der Waals surface area contributed by atoms with Crippen LogP contribution in [-0.4, -0.2) is 5.78 Å². The molecule has 0 unspecified atom stereocenters. The third-order valence-electron chi connectivity index (χ3n) is 4.03. The smallest absolute Gasteiger partial charge is 0.167 e. The first-order chi connectivity index (χ1) is 10.7. The van der Waals surface area contributed by atoms with Crippen LogP contribution in [-0.2, 0) is 17.2 Å². The van der Waals surface area contributed by atoms with Gasteiger partial charge in [0, 0.05) is 17.3 Å². The van der Waals surface area contributed by atoms with Crippen molar-refractivity contribution in [3.05, 3.63) is 69.8 Å². The highest BCUT2D eigenvalue weighted by molar-refractivity contribution is 9.08. The molecule has 0 heterocycles. The number of benzene rings is 2. The van der Waals surface area contributed by atoms with Crippen molar-refractivity contribution < 1.29 is 4.79 Å². The standard InChI is InChI=1S/C21H25BrO/c1-14-8-15(2)10-16(9-14)11-20(23)17-6-7-18(13-22)19(12-17)21(3,4)5/h6-10,12H,11,13H2,1-5H3. The Labute approximate surface area is 148 Å². The van der Waals surface area contributed by atoms with Gasteiger partial charge in [-0.25, -0.2) is 0 Å². The van der Waals surface area contributed by atoms with Crippen molar-refractivity contribution in [2.75, 3.05) is 0 Å². The maximum Gasteiger partial charge on any atom is 0.167 e. The van der Waals surface area contributed by atoms with Crippen LogP contribution < -0.4 is 0 Å². The maximum atomic E-state index is 12.7. The number of Topliss-reactive ketones (excluding diaryl/α,β-unsaturated/α-hetero) is 1. The quantitative estimate of drug-likeness (QED) is 0.480. The van der Waals surface area contributed by atoms with Crippen molar-refractivity contribution in [3.63, 3.8) is 0 Å². The van der Waals surface area contributed by atoms with E-state index in [-0.39, 0.29) is 11.2 Å². The Morgan fingerprint density at radius 1 is 1.00 bits per heavy atom. The topological polar surface area (TPSA) is 17.1 Å². The van der Waals surface area contributed by atoms with Crippen LogP contribution in [0.5, 0.6) is 0 Å². The van der Waals surface area contributed by atoms with Gasteiger partial charge in [-0.2, -0.15) is 0 Å². The monoisotopic (exact) mass is 372 g/mol.